The summed E-state index contributed by atoms with van der Waals surface area (Å²) < 4.78 is 10.4. The Morgan fingerprint density at radius 1 is 1.33 bits per heavy atom. The first kappa shape index (κ1) is 14.3. The maximum absolute atomic E-state index is 10.6. The lowest BCUT2D eigenvalue weighted by Gasteiger charge is -2.15. The molecular weight excluding hydrogens is 234 g/mol. The van der Waals surface area contributed by atoms with E-state index in [4.69, 9.17) is 20.3 Å². The van der Waals surface area contributed by atoms with Crippen molar-refractivity contribution in [1.82, 2.24) is 0 Å². The van der Waals surface area contributed by atoms with Crippen LogP contribution in [0.25, 0.3) is 0 Å². The van der Waals surface area contributed by atoms with Gasteiger partial charge >= 0.3 is 5.97 Å². The van der Waals surface area contributed by atoms with Crippen molar-refractivity contribution < 1.29 is 19.4 Å². The van der Waals surface area contributed by atoms with Gasteiger partial charge in [0.15, 0.2) is 11.5 Å². The Bertz CT molecular complexity index is 431. The van der Waals surface area contributed by atoms with Gasteiger partial charge in [0.2, 0.25) is 0 Å². The third-order valence-electron chi connectivity index (χ3n) is 2.76. The van der Waals surface area contributed by atoms with E-state index in [0.717, 1.165) is 11.1 Å². The maximum atomic E-state index is 10.6. The minimum atomic E-state index is -0.888. The number of carboxylic acid groups (broad SMARTS) is 1. The summed E-state index contributed by atoms with van der Waals surface area (Å²) in [5.74, 6) is 0.395. The molecule has 1 rings (SSSR count). The predicted octanol–water partition coefficient (Wildman–Crippen LogP) is 1.36. The molecular formula is C13H19NO4. The highest BCUT2D eigenvalue weighted by atomic mass is 16.5. The zero-order valence-electron chi connectivity index (χ0n) is 10.9. The average molecular weight is 253 g/mol. The van der Waals surface area contributed by atoms with Gasteiger partial charge in [-0.2, -0.15) is 0 Å². The van der Waals surface area contributed by atoms with Crippen molar-refractivity contribution in [2.45, 2.75) is 25.8 Å². The van der Waals surface area contributed by atoms with Gasteiger partial charge in [0, 0.05) is 6.04 Å². The Balaban J connectivity index is 2.92. The number of aliphatic carboxylic acids is 1. The number of benzene rings is 1. The SMILES string of the molecule is COc1cc(C)c(CC(N)CC(=O)O)cc1OC. The molecule has 100 valence electrons. The fraction of sp³-hybridized carbons (Fsp3) is 0.462. The summed E-state index contributed by atoms with van der Waals surface area (Å²) in [4.78, 5) is 10.6. The van der Waals surface area contributed by atoms with E-state index in [2.05, 4.69) is 0 Å². The Morgan fingerprint density at radius 3 is 2.39 bits per heavy atom. The standard InChI is InChI=1S/C13H19NO4/c1-8-4-11(17-2)12(18-3)6-9(8)5-10(14)7-13(15)16/h4,6,10H,5,7,14H2,1-3H3,(H,15,16). The molecule has 0 heterocycles. The predicted molar refractivity (Wildman–Crippen MR) is 68.2 cm³/mol. The molecule has 18 heavy (non-hydrogen) atoms. The van der Waals surface area contributed by atoms with E-state index in [1.165, 1.54) is 0 Å². The Kier molecular flexibility index (Phi) is 4.97. The molecule has 0 aliphatic heterocycles. The first-order chi connectivity index (χ1) is 8.47. The molecule has 3 N–H and O–H groups in total. The third-order valence-corrected chi connectivity index (χ3v) is 2.76. The summed E-state index contributed by atoms with van der Waals surface area (Å²) in [5, 5.41) is 8.69. The highest BCUT2D eigenvalue weighted by Crippen LogP contribution is 2.30. The number of ether oxygens (including phenoxy) is 2. The molecule has 5 nitrogen and oxygen atoms in total. The largest absolute Gasteiger partial charge is 0.493 e. The van der Waals surface area contributed by atoms with Crippen LogP contribution in [0.15, 0.2) is 12.1 Å². The normalized spacial score (nSPS) is 12.0. The van der Waals surface area contributed by atoms with Gasteiger partial charge in [-0.15, -0.1) is 0 Å². The smallest absolute Gasteiger partial charge is 0.304 e. The van der Waals surface area contributed by atoms with E-state index in [1.807, 2.05) is 19.1 Å². The van der Waals surface area contributed by atoms with E-state index >= 15 is 0 Å². The van der Waals surface area contributed by atoms with Gasteiger partial charge in [0.05, 0.1) is 20.6 Å². The number of methoxy groups -OCH3 is 2. The van der Waals surface area contributed by atoms with Crippen molar-refractivity contribution >= 4 is 5.97 Å². The number of aryl methyl sites for hydroxylation is 1. The molecule has 0 bridgehead atoms. The van der Waals surface area contributed by atoms with Crippen LogP contribution < -0.4 is 15.2 Å². The van der Waals surface area contributed by atoms with Crippen LogP contribution in [0.5, 0.6) is 11.5 Å². The zero-order chi connectivity index (χ0) is 13.7. The number of nitrogens with two attached hydrogens (primary N) is 1. The highest BCUT2D eigenvalue weighted by Gasteiger charge is 2.13. The summed E-state index contributed by atoms with van der Waals surface area (Å²) >= 11 is 0. The lowest BCUT2D eigenvalue weighted by Crippen LogP contribution is -2.26. The maximum Gasteiger partial charge on any atom is 0.304 e. The van der Waals surface area contributed by atoms with Gasteiger partial charge in [0.1, 0.15) is 0 Å². The second kappa shape index (κ2) is 6.26. The Morgan fingerprint density at radius 2 is 1.89 bits per heavy atom. The van der Waals surface area contributed by atoms with Crippen molar-refractivity contribution in [3.8, 4) is 11.5 Å². The first-order valence-corrected chi connectivity index (χ1v) is 5.66. The van der Waals surface area contributed by atoms with Gasteiger partial charge in [-0.3, -0.25) is 4.79 Å². The number of rotatable bonds is 6. The molecule has 1 atom stereocenters. The summed E-state index contributed by atoms with van der Waals surface area (Å²) in [6, 6.07) is 3.30. The second-order valence-electron chi connectivity index (χ2n) is 4.20. The number of hydrogen-bond acceptors (Lipinski definition) is 4. The van der Waals surface area contributed by atoms with Gasteiger partial charge in [-0.25, -0.2) is 0 Å². The van der Waals surface area contributed by atoms with Gasteiger partial charge < -0.3 is 20.3 Å². The van der Waals surface area contributed by atoms with Crippen LogP contribution >= 0.6 is 0 Å². The topological polar surface area (TPSA) is 81.8 Å². The molecule has 0 radical (unpaired) electrons. The third kappa shape index (κ3) is 3.63. The van der Waals surface area contributed by atoms with Crippen LogP contribution in [-0.2, 0) is 11.2 Å². The molecule has 0 aromatic heterocycles. The molecule has 0 fully saturated rings. The fourth-order valence-electron chi connectivity index (χ4n) is 1.82. The fourth-order valence-corrected chi connectivity index (χ4v) is 1.82. The molecule has 1 aromatic carbocycles. The summed E-state index contributed by atoms with van der Waals surface area (Å²) in [6.45, 7) is 1.94. The minimum absolute atomic E-state index is 0.0478. The molecule has 1 aromatic rings. The Labute approximate surface area is 107 Å². The van der Waals surface area contributed by atoms with Crippen LogP contribution in [0.2, 0.25) is 0 Å². The molecule has 5 heteroatoms. The first-order valence-electron chi connectivity index (χ1n) is 5.66. The molecule has 0 amide bonds. The van der Waals surface area contributed by atoms with E-state index in [1.54, 1.807) is 14.2 Å². The molecule has 0 saturated heterocycles. The van der Waals surface area contributed by atoms with Crippen LogP contribution in [-0.4, -0.2) is 31.3 Å². The Hall–Kier alpha value is -1.75. The highest BCUT2D eigenvalue weighted by molar-refractivity contribution is 5.67. The number of carboxylic acids is 1. The number of hydrogen-bond donors (Lipinski definition) is 2. The second-order valence-corrected chi connectivity index (χ2v) is 4.20. The van der Waals surface area contributed by atoms with Gasteiger partial charge in [0.25, 0.3) is 0 Å². The summed E-state index contributed by atoms with van der Waals surface area (Å²) in [7, 11) is 3.14. The van der Waals surface area contributed by atoms with E-state index < -0.39 is 12.0 Å². The lowest BCUT2D eigenvalue weighted by atomic mass is 9.99. The average Bonchev–Trinajstić information content (AvgIpc) is 2.30. The van der Waals surface area contributed by atoms with Crippen molar-refractivity contribution in [2.24, 2.45) is 5.73 Å². The summed E-state index contributed by atoms with van der Waals surface area (Å²) in [5.41, 5.74) is 7.77. The zero-order valence-corrected chi connectivity index (χ0v) is 10.9. The molecule has 0 aliphatic rings. The van der Waals surface area contributed by atoms with Gasteiger partial charge in [-0.05, 0) is 36.6 Å². The van der Waals surface area contributed by atoms with Crippen LogP contribution in [0.4, 0.5) is 0 Å². The molecule has 0 saturated carbocycles. The summed E-state index contributed by atoms with van der Waals surface area (Å²) in [6.07, 6.45) is 0.451. The molecule has 0 aliphatic carbocycles. The number of carbonyl (C=O) groups is 1. The van der Waals surface area contributed by atoms with Crippen molar-refractivity contribution in [2.75, 3.05) is 14.2 Å². The lowest BCUT2D eigenvalue weighted by molar-refractivity contribution is -0.137. The quantitative estimate of drug-likeness (QED) is 0.800. The van der Waals surface area contributed by atoms with E-state index in [0.29, 0.717) is 17.9 Å². The van der Waals surface area contributed by atoms with E-state index in [-0.39, 0.29) is 6.42 Å². The monoisotopic (exact) mass is 253 g/mol. The van der Waals surface area contributed by atoms with Crippen molar-refractivity contribution in [1.29, 1.82) is 0 Å². The van der Waals surface area contributed by atoms with Crippen LogP contribution in [0, 0.1) is 6.92 Å². The minimum Gasteiger partial charge on any atom is -0.493 e. The van der Waals surface area contributed by atoms with Crippen LogP contribution in [0.1, 0.15) is 17.5 Å². The van der Waals surface area contributed by atoms with Crippen molar-refractivity contribution in [3.05, 3.63) is 23.3 Å². The van der Waals surface area contributed by atoms with E-state index in [9.17, 15) is 4.79 Å². The van der Waals surface area contributed by atoms with Crippen molar-refractivity contribution in [3.63, 3.8) is 0 Å². The van der Waals surface area contributed by atoms with Crippen LogP contribution in [0.3, 0.4) is 0 Å². The molecule has 0 spiro atoms. The molecule has 1 unspecified atom stereocenters. The van der Waals surface area contributed by atoms with Gasteiger partial charge in [-0.1, -0.05) is 0 Å².